The number of likely N-dealkylation sites (N-methyl/N-ethyl adjacent to an activating group) is 1. The van der Waals surface area contributed by atoms with Crippen molar-refractivity contribution in [3.05, 3.63) is 48.6 Å². The highest BCUT2D eigenvalue weighted by Crippen LogP contribution is 2.38. The first-order chi connectivity index (χ1) is 28.1. The summed E-state index contributed by atoms with van der Waals surface area (Å²) in [6, 6.07) is 0. The number of rotatable bonds is 44. The van der Waals surface area contributed by atoms with Crippen LogP contribution in [0.1, 0.15) is 200 Å². The van der Waals surface area contributed by atoms with Crippen molar-refractivity contribution >= 4 is 13.8 Å². The average molecular weight is 838 g/mol. The smallest absolute Gasteiger partial charge is 0.306 e. The molecule has 0 aliphatic rings. The van der Waals surface area contributed by atoms with Crippen molar-refractivity contribution < 1.29 is 37.3 Å². The van der Waals surface area contributed by atoms with Crippen LogP contribution in [-0.2, 0) is 27.9 Å². The second kappa shape index (κ2) is 42.2. The van der Waals surface area contributed by atoms with E-state index in [0.29, 0.717) is 24.1 Å². The Hall–Kier alpha value is -1.54. The van der Waals surface area contributed by atoms with Gasteiger partial charge in [0.25, 0.3) is 7.82 Å². The number of phosphoric ester groups is 1. The maximum Gasteiger partial charge on any atom is 0.306 e. The Bertz CT molecular complexity index is 1070. The molecular weight excluding hydrogens is 746 g/mol. The number of carbonyl (C=O) groups is 1. The van der Waals surface area contributed by atoms with Crippen molar-refractivity contribution in [3.8, 4) is 0 Å². The molecule has 0 saturated heterocycles. The second-order valence-corrected chi connectivity index (χ2v) is 18.5. The van der Waals surface area contributed by atoms with Gasteiger partial charge in [-0.1, -0.05) is 191 Å². The summed E-state index contributed by atoms with van der Waals surface area (Å²) in [5.41, 5.74) is 0. The molecule has 2 atom stereocenters. The molecular formula is C49H92NO7P. The fourth-order valence-corrected chi connectivity index (χ4v) is 7.21. The van der Waals surface area contributed by atoms with Gasteiger partial charge in [0.1, 0.15) is 19.3 Å². The topological polar surface area (TPSA) is 94.1 Å². The third-order valence-corrected chi connectivity index (χ3v) is 11.1. The molecule has 0 aliphatic carbocycles. The van der Waals surface area contributed by atoms with E-state index in [2.05, 4.69) is 62.5 Å². The third-order valence-electron chi connectivity index (χ3n) is 10.1. The molecule has 8 nitrogen and oxygen atoms in total. The van der Waals surface area contributed by atoms with Crippen LogP contribution in [0.15, 0.2) is 48.6 Å². The van der Waals surface area contributed by atoms with Gasteiger partial charge in [-0.15, -0.1) is 0 Å². The summed E-state index contributed by atoms with van der Waals surface area (Å²) in [4.78, 5) is 25.1. The number of hydrogen-bond donors (Lipinski definition) is 0. The molecule has 9 heteroatoms. The van der Waals surface area contributed by atoms with Crippen LogP contribution in [-0.4, -0.2) is 70.7 Å². The fourth-order valence-electron chi connectivity index (χ4n) is 6.48. The van der Waals surface area contributed by atoms with E-state index in [4.69, 9.17) is 18.5 Å². The first kappa shape index (κ1) is 56.5. The number of ether oxygens (including phenoxy) is 2. The lowest BCUT2D eigenvalue weighted by Gasteiger charge is -2.28. The summed E-state index contributed by atoms with van der Waals surface area (Å²) < 4.78 is 34.7. The number of nitrogens with zero attached hydrogens (tertiary/aromatic N) is 1. The largest absolute Gasteiger partial charge is 0.756 e. The molecule has 2 unspecified atom stereocenters. The molecule has 0 amide bonds. The summed E-state index contributed by atoms with van der Waals surface area (Å²) in [5.74, 6) is -0.339. The van der Waals surface area contributed by atoms with E-state index in [1.807, 2.05) is 21.1 Å². The molecule has 0 aromatic carbocycles. The van der Waals surface area contributed by atoms with Gasteiger partial charge in [0.05, 0.1) is 34.4 Å². The fraction of sp³-hybridized carbons (Fsp3) is 0.816. The third kappa shape index (κ3) is 45.5. The summed E-state index contributed by atoms with van der Waals surface area (Å²) in [6.07, 6.45) is 51.3. The molecule has 0 fully saturated rings. The standard InChI is InChI=1S/C49H92NO7P/c1-6-8-10-12-14-16-18-20-22-24-26-28-30-32-34-36-38-40-42-49(51)57-48(47-56-58(52,53)55-45-43-50(3,4)5)46-54-44-41-39-37-35-33-31-29-27-25-23-21-19-17-15-13-11-9-7-2/h9,11,15,17,21,23,27,29,48H,6-8,10,12-14,16,18-20,22,24-26,28,30-47H2,1-5H3/b11-9-,17-15-,23-21-,29-27-. The molecule has 0 rings (SSSR count). The lowest BCUT2D eigenvalue weighted by Crippen LogP contribution is -2.37. The highest BCUT2D eigenvalue weighted by Gasteiger charge is 2.20. The van der Waals surface area contributed by atoms with Crippen LogP contribution in [0.25, 0.3) is 0 Å². The van der Waals surface area contributed by atoms with Crippen molar-refractivity contribution in [2.24, 2.45) is 0 Å². The van der Waals surface area contributed by atoms with Crippen molar-refractivity contribution in [1.29, 1.82) is 0 Å². The van der Waals surface area contributed by atoms with Gasteiger partial charge in [-0.05, 0) is 51.4 Å². The number of carbonyl (C=O) groups excluding carboxylic acids is 1. The predicted octanol–water partition coefficient (Wildman–Crippen LogP) is 13.7. The van der Waals surface area contributed by atoms with Crippen LogP contribution in [0.2, 0.25) is 0 Å². The molecule has 0 radical (unpaired) electrons. The quantitative estimate of drug-likeness (QED) is 0.0198. The molecule has 0 saturated carbocycles. The Labute approximate surface area is 358 Å². The van der Waals surface area contributed by atoms with E-state index in [-0.39, 0.29) is 25.8 Å². The number of allylic oxidation sites excluding steroid dienone is 8. The van der Waals surface area contributed by atoms with E-state index in [0.717, 1.165) is 70.6 Å². The molecule has 0 aromatic heterocycles. The minimum absolute atomic E-state index is 0.0219. The van der Waals surface area contributed by atoms with Gasteiger partial charge in [0, 0.05) is 13.0 Å². The minimum atomic E-state index is -4.53. The molecule has 0 aliphatic heterocycles. The summed E-state index contributed by atoms with van der Waals surface area (Å²) in [5, 5.41) is 0. The van der Waals surface area contributed by atoms with Gasteiger partial charge in [0.15, 0.2) is 0 Å². The highest BCUT2D eigenvalue weighted by atomic mass is 31.2. The molecule has 0 heterocycles. The Balaban J connectivity index is 4.21. The van der Waals surface area contributed by atoms with E-state index in [9.17, 15) is 14.3 Å². The van der Waals surface area contributed by atoms with Gasteiger partial charge in [-0.3, -0.25) is 9.36 Å². The Morgan fingerprint density at radius 3 is 1.50 bits per heavy atom. The minimum Gasteiger partial charge on any atom is -0.756 e. The first-order valence-corrected chi connectivity index (χ1v) is 25.3. The summed E-state index contributed by atoms with van der Waals surface area (Å²) in [7, 11) is 1.34. The van der Waals surface area contributed by atoms with Crippen molar-refractivity contribution in [2.75, 3.05) is 54.1 Å². The van der Waals surface area contributed by atoms with Gasteiger partial charge in [-0.2, -0.15) is 0 Å². The number of hydrogen-bond acceptors (Lipinski definition) is 7. The molecule has 58 heavy (non-hydrogen) atoms. The van der Waals surface area contributed by atoms with Gasteiger partial charge in [0.2, 0.25) is 0 Å². The SMILES string of the molecule is CC/C=C\C/C=C\C/C=C\C/C=C\CCCCCCCOCC(COP(=O)([O-])OCC[N+](C)(C)C)OC(=O)CCCCCCCCCCCCCCCCCCCC. The van der Waals surface area contributed by atoms with Crippen molar-refractivity contribution in [2.45, 2.75) is 206 Å². The molecule has 340 valence electrons. The zero-order valence-electron chi connectivity index (χ0n) is 38.5. The zero-order chi connectivity index (χ0) is 42.7. The van der Waals surface area contributed by atoms with Crippen LogP contribution in [0.4, 0.5) is 0 Å². The molecule has 0 bridgehead atoms. The zero-order valence-corrected chi connectivity index (χ0v) is 39.4. The lowest BCUT2D eigenvalue weighted by molar-refractivity contribution is -0.870. The number of unbranched alkanes of at least 4 members (excludes halogenated alkanes) is 22. The Morgan fingerprint density at radius 1 is 0.552 bits per heavy atom. The van der Waals surface area contributed by atoms with E-state index in [1.165, 1.54) is 109 Å². The van der Waals surface area contributed by atoms with Gasteiger partial charge < -0.3 is 27.9 Å². The normalized spacial score (nSPS) is 14.1. The maximum atomic E-state index is 12.7. The molecule has 0 aromatic rings. The summed E-state index contributed by atoms with van der Waals surface area (Å²) >= 11 is 0. The number of phosphoric acid groups is 1. The Kier molecular flexibility index (Phi) is 41.0. The van der Waals surface area contributed by atoms with Crippen LogP contribution >= 0.6 is 7.82 Å². The van der Waals surface area contributed by atoms with Crippen LogP contribution in [0.5, 0.6) is 0 Å². The van der Waals surface area contributed by atoms with Crippen molar-refractivity contribution in [1.82, 2.24) is 0 Å². The van der Waals surface area contributed by atoms with E-state index < -0.39 is 13.9 Å². The average Bonchev–Trinajstić information content (AvgIpc) is 3.18. The monoisotopic (exact) mass is 838 g/mol. The lowest BCUT2D eigenvalue weighted by atomic mass is 10.0. The summed E-state index contributed by atoms with van der Waals surface area (Å²) in [6.45, 7) is 5.27. The number of esters is 1. The highest BCUT2D eigenvalue weighted by molar-refractivity contribution is 7.45. The van der Waals surface area contributed by atoms with Crippen LogP contribution < -0.4 is 4.89 Å². The van der Waals surface area contributed by atoms with Gasteiger partial charge >= 0.3 is 5.97 Å². The van der Waals surface area contributed by atoms with Crippen molar-refractivity contribution in [3.63, 3.8) is 0 Å². The van der Waals surface area contributed by atoms with E-state index >= 15 is 0 Å². The molecule has 0 N–H and O–H groups in total. The Morgan fingerprint density at radius 2 is 1.00 bits per heavy atom. The van der Waals surface area contributed by atoms with Gasteiger partial charge in [-0.25, -0.2) is 0 Å². The number of quaternary nitrogens is 1. The maximum absolute atomic E-state index is 12.7. The first-order valence-electron chi connectivity index (χ1n) is 23.9. The predicted molar refractivity (Wildman–Crippen MR) is 245 cm³/mol. The van der Waals surface area contributed by atoms with Crippen LogP contribution in [0.3, 0.4) is 0 Å². The van der Waals surface area contributed by atoms with E-state index in [1.54, 1.807) is 0 Å². The molecule has 0 spiro atoms. The second-order valence-electron chi connectivity index (χ2n) is 17.1. The van der Waals surface area contributed by atoms with Crippen LogP contribution in [0, 0.1) is 0 Å².